The van der Waals surface area contributed by atoms with Crippen LogP contribution in [0, 0.1) is 11.8 Å². The summed E-state index contributed by atoms with van der Waals surface area (Å²) in [4.78, 5) is 0. The van der Waals surface area contributed by atoms with Crippen molar-refractivity contribution in [2.24, 2.45) is 11.8 Å². The zero-order valence-corrected chi connectivity index (χ0v) is 11.6. The molecule has 1 aliphatic carbocycles. The van der Waals surface area contributed by atoms with Crippen LogP contribution in [-0.2, 0) is 0 Å². The minimum atomic E-state index is 0. The molecule has 0 bridgehead atoms. The Morgan fingerprint density at radius 2 is 1.82 bits per heavy atom. The first kappa shape index (κ1) is 17.7. The number of unbranched alkanes of at least 4 members (excludes halogenated alkanes) is 1. The van der Waals surface area contributed by atoms with Gasteiger partial charge < -0.3 is 0 Å². The summed E-state index contributed by atoms with van der Waals surface area (Å²) in [6, 6.07) is 0. The van der Waals surface area contributed by atoms with E-state index in [9.17, 15) is 0 Å². The first-order valence-electron chi connectivity index (χ1n) is 7.49. The van der Waals surface area contributed by atoms with Crippen molar-refractivity contribution in [2.45, 2.75) is 78.6 Å². The van der Waals surface area contributed by atoms with Crippen molar-refractivity contribution in [1.29, 1.82) is 0 Å². The van der Waals surface area contributed by atoms with E-state index < -0.39 is 0 Å². The zero-order chi connectivity index (χ0) is 11.8. The average molecular weight is 246 g/mol. The van der Waals surface area contributed by atoms with Crippen LogP contribution >= 0.6 is 0 Å². The molecule has 0 heterocycles. The average Bonchev–Trinajstić information content (AvgIpc) is 2.35. The predicted octanol–water partition coefficient (Wildman–Crippen LogP) is 5.08. The van der Waals surface area contributed by atoms with Crippen LogP contribution in [0.5, 0.6) is 0 Å². The summed E-state index contributed by atoms with van der Waals surface area (Å²) >= 11 is 0. The van der Waals surface area contributed by atoms with Gasteiger partial charge in [0.05, 0.1) is 0 Å². The Hall–Kier alpha value is 0.740. The van der Waals surface area contributed by atoms with Crippen LogP contribution in [0.15, 0.2) is 11.6 Å². The summed E-state index contributed by atoms with van der Waals surface area (Å²) in [5.74, 6) is 1.81. The van der Waals surface area contributed by atoms with Gasteiger partial charge in [0.25, 0.3) is 0 Å². The van der Waals surface area contributed by atoms with Crippen molar-refractivity contribution in [3.05, 3.63) is 11.6 Å². The molecule has 0 aromatic heterocycles. The van der Waals surface area contributed by atoms with Gasteiger partial charge in [0.1, 0.15) is 0 Å². The fourth-order valence-electron chi connectivity index (χ4n) is 3.30. The van der Waals surface area contributed by atoms with Gasteiger partial charge in [0, 0.05) is 0 Å². The summed E-state index contributed by atoms with van der Waals surface area (Å²) in [5, 5.41) is 0. The van der Waals surface area contributed by atoms with Crippen molar-refractivity contribution in [2.75, 3.05) is 0 Å². The van der Waals surface area contributed by atoms with Gasteiger partial charge in [-0.05, 0) is 44.4 Å². The van der Waals surface area contributed by atoms with E-state index in [4.69, 9.17) is 0 Å². The molecule has 0 N–H and O–H groups in total. The molecule has 1 unspecified atom stereocenters. The Morgan fingerprint density at radius 3 is 2.29 bits per heavy atom. The second kappa shape index (κ2) is 10.6. The van der Waals surface area contributed by atoms with Gasteiger partial charge in [0.15, 0.2) is 0 Å². The second-order valence-electron chi connectivity index (χ2n) is 5.37. The Morgan fingerprint density at radius 1 is 1.18 bits per heavy atom. The second-order valence-corrected chi connectivity index (χ2v) is 5.37. The summed E-state index contributed by atoms with van der Waals surface area (Å²) in [5.41, 5.74) is 1.80. The van der Waals surface area contributed by atoms with Gasteiger partial charge in [0.2, 0.25) is 0 Å². The topological polar surface area (TPSA) is 0 Å². The van der Waals surface area contributed by atoms with Crippen LogP contribution in [0.2, 0.25) is 0 Å². The van der Waals surface area contributed by atoms with Crippen LogP contribution in [-0.4, -0.2) is 29.6 Å². The molecule has 17 heavy (non-hydrogen) atoms. The van der Waals surface area contributed by atoms with E-state index in [2.05, 4.69) is 26.8 Å². The van der Waals surface area contributed by atoms with Crippen LogP contribution in [0.3, 0.4) is 0 Å². The summed E-state index contributed by atoms with van der Waals surface area (Å²) in [6.07, 6.45) is 15.3. The van der Waals surface area contributed by atoms with Crippen molar-refractivity contribution >= 4 is 29.6 Å². The van der Waals surface area contributed by atoms with Gasteiger partial charge in [-0.3, -0.25) is 0 Å². The maximum absolute atomic E-state index is 2.44. The van der Waals surface area contributed by atoms with Crippen LogP contribution in [0.4, 0.5) is 0 Å². The van der Waals surface area contributed by atoms with E-state index in [-0.39, 0.29) is 29.6 Å². The standard InChI is InChI=1S/C16H30.Na.H/c1-4-7-11-14(5-2)16(6-3)15-12-9-8-10-13-15;;/h6,14-15H,4-5,7-13H2,1-3H3;;. The van der Waals surface area contributed by atoms with Gasteiger partial charge in [-0.2, -0.15) is 0 Å². The molecule has 96 valence electrons. The molecular formula is C16H31Na. The predicted molar refractivity (Wildman–Crippen MR) is 80.8 cm³/mol. The molecule has 0 saturated heterocycles. The molecule has 0 spiro atoms. The van der Waals surface area contributed by atoms with E-state index in [1.165, 1.54) is 57.8 Å². The normalized spacial score (nSPS) is 19.8. The van der Waals surface area contributed by atoms with Crippen LogP contribution in [0.25, 0.3) is 0 Å². The number of rotatable bonds is 6. The van der Waals surface area contributed by atoms with E-state index in [1.54, 1.807) is 5.57 Å². The third-order valence-corrected chi connectivity index (χ3v) is 4.28. The molecule has 1 fully saturated rings. The minimum absolute atomic E-state index is 0. The molecule has 0 aliphatic heterocycles. The summed E-state index contributed by atoms with van der Waals surface area (Å²) < 4.78 is 0. The first-order chi connectivity index (χ1) is 7.83. The van der Waals surface area contributed by atoms with Gasteiger partial charge in [-0.1, -0.05) is 57.6 Å². The Kier molecular flexibility index (Phi) is 11.1. The van der Waals surface area contributed by atoms with E-state index >= 15 is 0 Å². The Balaban J connectivity index is 0.00000256. The zero-order valence-electron chi connectivity index (χ0n) is 11.6. The third kappa shape index (κ3) is 5.94. The summed E-state index contributed by atoms with van der Waals surface area (Å²) in [6.45, 7) is 6.94. The quantitative estimate of drug-likeness (QED) is 0.453. The van der Waals surface area contributed by atoms with Gasteiger partial charge in [-0.15, -0.1) is 0 Å². The summed E-state index contributed by atoms with van der Waals surface area (Å²) in [7, 11) is 0. The Labute approximate surface area is 131 Å². The number of allylic oxidation sites excluding steroid dienone is 2. The molecule has 0 aromatic carbocycles. The molecular weight excluding hydrogens is 215 g/mol. The molecule has 1 atom stereocenters. The molecule has 0 nitrogen and oxygen atoms in total. The fraction of sp³-hybridized carbons (Fsp3) is 0.875. The molecule has 1 saturated carbocycles. The Bertz CT molecular complexity index is 202. The molecule has 1 rings (SSSR count). The molecule has 0 amide bonds. The van der Waals surface area contributed by atoms with Crippen LogP contribution < -0.4 is 0 Å². The SMILES string of the molecule is CC=C(C(CC)CCCC)C1CCCCC1.[NaH]. The van der Waals surface area contributed by atoms with E-state index in [1.807, 2.05) is 0 Å². The monoisotopic (exact) mass is 246 g/mol. The first-order valence-corrected chi connectivity index (χ1v) is 7.49. The molecule has 1 heteroatoms. The van der Waals surface area contributed by atoms with Crippen molar-refractivity contribution in [3.63, 3.8) is 0 Å². The number of hydrogen-bond donors (Lipinski definition) is 0. The molecule has 0 aromatic rings. The van der Waals surface area contributed by atoms with Crippen molar-refractivity contribution in [3.8, 4) is 0 Å². The van der Waals surface area contributed by atoms with Crippen molar-refractivity contribution < 1.29 is 0 Å². The number of hydrogen-bond acceptors (Lipinski definition) is 0. The molecule has 1 aliphatic rings. The van der Waals surface area contributed by atoms with Gasteiger partial charge >= 0.3 is 29.6 Å². The van der Waals surface area contributed by atoms with Gasteiger partial charge in [-0.25, -0.2) is 0 Å². The maximum atomic E-state index is 2.44. The molecule has 0 radical (unpaired) electrons. The van der Waals surface area contributed by atoms with E-state index in [0.29, 0.717) is 0 Å². The third-order valence-electron chi connectivity index (χ3n) is 4.28. The van der Waals surface area contributed by atoms with Crippen LogP contribution in [0.1, 0.15) is 78.6 Å². The fourth-order valence-corrected chi connectivity index (χ4v) is 3.30. The van der Waals surface area contributed by atoms with Crippen molar-refractivity contribution in [1.82, 2.24) is 0 Å². The van der Waals surface area contributed by atoms with E-state index in [0.717, 1.165) is 11.8 Å².